The Labute approximate surface area is 356 Å². The van der Waals surface area contributed by atoms with Crippen molar-refractivity contribution in [1.29, 1.82) is 0 Å². The van der Waals surface area contributed by atoms with E-state index in [0.29, 0.717) is 5.69 Å². The van der Waals surface area contributed by atoms with Crippen LogP contribution in [0.25, 0.3) is 77.7 Å². The van der Waals surface area contributed by atoms with Crippen LogP contribution >= 0.6 is 0 Å². The summed E-state index contributed by atoms with van der Waals surface area (Å²) < 4.78 is 44.0. The molecule has 0 N–H and O–H groups in total. The first-order valence-corrected chi connectivity index (χ1v) is 20.1. The fourth-order valence-corrected chi connectivity index (χ4v) is 9.21. The molecule has 0 saturated heterocycles. The monoisotopic (exact) mass is 768 g/mol. The highest BCUT2D eigenvalue weighted by Crippen LogP contribution is 2.54. The van der Waals surface area contributed by atoms with Crippen molar-refractivity contribution in [1.82, 2.24) is 4.98 Å². The van der Waals surface area contributed by atoms with Gasteiger partial charge >= 0.3 is 0 Å². The van der Waals surface area contributed by atoms with Gasteiger partial charge in [-0.25, -0.2) is 0 Å². The summed E-state index contributed by atoms with van der Waals surface area (Å²) in [6, 6.07) is 63.8. The third-order valence-electron chi connectivity index (χ3n) is 11.9. The van der Waals surface area contributed by atoms with Gasteiger partial charge in [0, 0.05) is 50.8 Å². The number of nitrogens with zero attached hydrogens (tertiary/aromatic N) is 3. The van der Waals surface area contributed by atoms with Gasteiger partial charge in [-0.3, -0.25) is 4.98 Å². The van der Waals surface area contributed by atoms with Crippen molar-refractivity contribution >= 4 is 45.0 Å². The molecule has 60 heavy (non-hydrogen) atoms. The average Bonchev–Trinajstić information content (AvgIpc) is 3.56. The summed E-state index contributed by atoms with van der Waals surface area (Å²) in [5, 5.41) is 1.10. The van der Waals surface area contributed by atoms with Crippen molar-refractivity contribution < 1.29 is 6.85 Å². The normalized spacial score (nSPS) is 13.4. The second-order valence-corrected chi connectivity index (χ2v) is 15.2. The van der Waals surface area contributed by atoms with E-state index in [0.717, 1.165) is 100 Å². The molecule has 3 nitrogen and oxygen atoms in total. The van der Waals surface area contributed by atoms with Gasteiger partial charge in [0.15, 0.2) is 0 Å². The first-order valence-electron chi connectivity index (χ1n) is 22.6. The maximum absolute atomic E-state index is 9.13. The van der Waals surface area contributed by atoms with Crippen molar-refractivity contribution in [3.63, 3.8) is 0 Å². The Bertz CT molecular complexity index is 3550. The minimum Gasteiger partial charge on any atom is -0.309 e. The number of rotatable bonds is 4. The van der Waals surface area contributed by atoms with Crippen LogP contribution in [0.15, 0.2) is 224 Å². The predicted molar refractivity (Wildman–Crippen MR) is 251 cm³/mol. The van der Waals surface area contributed by atoms with Crippen LogP contribution in [0, 0.1) is 0 Å². The topological polar surface area (TPSA) is 19.4 Å². The molecular formula is C57H37N3. The standard InChI is InChI=1S/C57H37N3/c1-2-16-42(17-3-1)59-53-25-10-8-23-50(53)47-20-6-7-21-48(47)52-36-40(30-34-55(52)59)41-29-33-51-46-19-5-4-18-45(46)49-22-9-11-26-54(49)60(56(51)37-41)43-31-27-38(28-32-43)44-24-12-14-39-15-13-35-58-57(39)44/h1-37H/i1D,2D,3D,16D,17D. The van der Waals surface area contributed by atoms with Gasteiger partial charge in [0.2, 0.25) is 0 Å². The van der Waals surface area contributed by atoms with Crippen molar-refractivity contribution in [2.45, 2.75) is 0 Å². The van der Waals surface area contributed by atoms with E-state index in [1.165, 1.54) is 0 Å². The molecule has 0 saturated carbocycles. The molecule has 3 heterocycles. The van der Waals surface area contributed by atoms with E-state index in [2.05, 4.69) is 144 Å². The van der Waals surface area contributed by atoms with Gasteiger partial charge in [-0.1, -0.05) is 158 Å². The molecule has 9 aromatic carbocycles. The maximum Gasteiger partial charge on any atom is 0.0780 e. The summed E-state index contributed by atoms with van der Waals surface area (Å²) in [5.74, 6) is 0. The zero-order valence-corrected chi connectivity index (χ0v) is 32.3. The summed E-state index contributed by atoms with van der Waals surface area (Å²) >= 11 is 0. The molecule has 0 unspecified atom stereocenters. The minimum atomic E-state index is -0.425. The molecule has 0 atom stereocenters. The minimum absolute atomic E-state index is 0.103. The summed E-state index contributed by atoms with van der Waals surface area (Å²) in [5.41, 5.74) is 18.0. The predicted octanol–water partition coefficient (Wildman–Crippen LogP) is 15.8. The number of hydrogen-bond acceptors (Lipinski definition) is 3. The van der Waals surface area contributed by atoms with Crippen LogP contribution < -0.4 is 9.80 Å². The average molecular weight is 769 g/mol. The highest BCUT2D eigenvalue weighted by molar-refractivity contribution is 6.06. The molecule has 2 aliphatic rings. The Morgan fingerprint density at radius 1 is 0.333 bits per heavy atom. The molecule has 0 bridgehead atoms. The zero-order valence-electron chi connectivity index (χ0n) is 37.3. The molecule has 0 fully saturated rings. The first kappa shape index (κ1) is 29.2. The van der Waals surface area contributed by atoms with Crippen molar-refractivity contribution in [3.8, 4) is 66.8 Å². The van der Waals surface area contributed by atoms with E-state index in [-0.39, 0.29) is 29.9 Å². The molecular weight excluding hydrogens is 727 g/mol. The first-order chi connectivity index (χ1) is 31.9. The lowest BCUT2D eigenvalue weighted by Crippen LogP contribution is -2.11. The summed E-state index contributed by atoms with van der Waals surface area (Å²) in [6.07, 6.45) is 1.85. The van der Waals surface area contributed by atoms with Crippen LogP contribution in [0.5, 0.6) is 0 Å². The fourth-order valence-electron chi connectivity index (χ4n) is 9.21. The molecule has 280 valence electrons. The third-order valence-corrected chi connectivity index (χ3v) is 11.9. The molecule has 0 amide bonds. The second kappa shape index (κ2) is 13.8. The van der Waals surface area contributed by atoms with Gasteiger partial charge in [-0.15, -0.1) is 0 Å². The van der Waals surface area contributed by atoms with Crippen LogP contribution in [-0.2, 0) is 0 Å². The van der Waals surface area contributed by atoms with Crippen molar-refractivity contribution in [2.24, 2.45) is 0 Å². The highest BCUT2D eigenvalue weighted by Gasteiger charge is 2.29. The van der Waals surface area contributed by atoms with Gasteiger partial charge in [-0.05, 0) is 99.6 Å². The van der Waals surface area contributed by atoms with Crippen LogP contribution in [0.1, 0.15) is 6.85 Å². The quantitative estimate of drug-likeness (QED) is 0.178. The number of anilines is 6. The van der Waals surface area contributed by atoms with E-state index >= 15 is 0 Å². The van der Waals surface area contributed by atoms with Crippen molar-refractivity contribution in [3.05, 3.63) is 224 Å². The molecule has 2 aliphatic heterocycles. The van der Waals surface area contributed by atoms with Gasteiger partial charge in [0.25, 0.3) is 0 Å². The lowest BCUT2D eigenvalue weighted by atomic mass is 9.91. The lowest BCUT2D eigenvalue weighted by molar-refractivity contribution is 1.29. The van der Waals surface area contributed by atoms with Gasteiger partial charge < -0.3 is 9.80 Å². The molecule has 10 aromatic rings. The van der Waals surface area contributed by atoms with Crippen LogP contribution in [0.4, 0.5) is 34.1 Å². The lowest BCUT2D eigenvalue weighted by Gasteiger charge is -2.28. The Balaban J connectivity index is 1.07. The Kier molecular flexibility index (Phi) is 6.74. The van der Waals surface area contributed by atoms with E-state index in [4.69, 9.17) is 11.8 Å². The molecule has 0 aliphatic carbocycles. The fraction of sp³-hybridized carbons (Fsp3) is 0. The number of benzene rings is 9. The third kappa shape index (κ3) is 5.40. The molecule has 0 radical (unpaired) electrons. The smallest absolute Gasteiger partial charge is 0.0780 e. The number of pyridine rings is 1. The summed E-state index contributed by atoms with van der Waals surface area (Å²) in [7, 11) is 0. The van der Waals surface area contributed by atoms with Crippen molar-refractivity contribution in [2.75, 3.05) is 9.80 Å². The Morgan fingerprint density at radius 2 is 0.833 bits per heavy atom. The Hall–Kier alpha value is -8.01. The zero-order chi connectivity index (χ0) is 43.9. The van der Waals surface area contributed by atoms with E-state index in [1.54, 1.807) is 0 Å². The van der Waals surface area contributed by atoms with Crippen LogP contribution in [-0.4, -0.2) is 4.98 Å². The second-order valence-electron chi connectivity index (χ2n) is 15.2. The summed E-state index contributed by atoms with van der Waals surface area (Å²) in [4.78, 5) is 8.96. The number of fused-ring (bicyclic) bond motifs is 11. The number of hydrogen-bond donors (Lipinski definition) is 0. The number of para-hydroxylation sites is 4. The SMILES string of the molecule is [2H]c1c([2H])c([2H])c(N2c3ccccc3-c3ccccc3-c3cc(-c4ccc5c(c4)N(c4ccc(-c6cccc7cccnc67)cc4)c4ccccc4-c4ccccc4-5)ccc32)c([2H])c1[2H]. The van der Waals surface area contributed by atoms with Gasteiger partial charge in [-0.2, -0.15) is 0 Å². The van der Waals surface area contributed by atoms with Crippen LogP contribution in [0.3, 0.4) is 0 Å². The van der Waals surface area contributed by atoms with Crippen LogP contribution in [0.2, 0.25) is 0 Å². The van der Waals surface area contributed by atoms with E-state index < -0.39 is 6.04 Å². The molecule has 12 rings (SSSR count). The maximum atomic E-state index is 9.13. The molecule has 0 spiro atoms. The number of aromatic nitrogens is 1. The molecule has 1 aromatic heterocycles. The Morgan fingerprint density at radius 3 is 1.52 bits per heavy atom. The van der Waals surface area contributed by atoms with E-state index in [9.17, 15) is 0 Å². The van der Waals surface area contributed by atoms with E-state index in [1.807, 2.05) is 59.6 Å². The molecule has 3 heteroatoms. The van der Waals surface area contributed by atoms with Gasteiger partial charge in [0.05, 0.1) is 35.1 Å². The highest BCUT2D eigenvalue weighted by atomic mass is 15.2. The largest absolute Gasteiger partial charge is 0.309 e. The van der Waals surface area contributed by atoms with Gasteiger partial charge in [0.1, 0.15) is 0 Å². The summed E-state index contributed by atoms with van der Waals surface area (Å²) in [6.45, 7) is 0.